The van der Waals surface area contributed by atoms with Crippen LogP contribution in [0.3, 0.4) is 0 Å². The molecule has 0 aliphatic carbocycles. The average Bonchev–Trinajstić information content (AvgIpc) is 2.19. The Labute approximate surface area is 83.1 Å². The minimum absolute atomic E-state index is 0.0686. The molecule has 1 aromatic carbocycles. The van der Waals surface area contributed by atoms with Crippen molar-refractivity contribution in [1.82, 2.24) is 5.32 Å². The summed E-state index contributed by atoms with van der Waals surface area (Å²) in [7, 11) is 0. The van der Waals surface area contributed by atoms with Crippen molar-refractivity contribution in [3.63, 3.8) is 0 Å². The van der Waals surface area contributed by atoms with Crippen LogP contribution in [0.25, 0.3) is 0 Å². The highest BCUT2D eigenvalue weighted by Crippen LogP contribution is 1.98. The molecular formula is C11H12NO2-. The summed E-state index contributed by atoms with van der Waals surface area (Å²) in [5.74, 6) is -1.25. The van der Waals surface area contributed by atoms with Crippen molar-refractivity contribution in [3.8, 4) is 0 Å². The topological polar surface area (TPSA) is 52.2 Å². The molecule has 0 aromatic heterocycles. The van der Waals surface area contributed by atoms with Crippen molar-refractivity contribution >= 4 is 5.97 Å². The highest BCUT2D eigenvalue weighted by Gasteiger charge is 1.94. The minimum Gasteiger partial charge on any atom is -0.543 e. The molecule has 0 heterocycles. The molecule has 0 unspecified atom stereocenters. The predicted octanol–water partition coefficient (Wildman–Crippen LogP) is 0.0823. The van der Waals surface area contributed by atoms with E-state index in [9.17, 15) is 9.90 Å². The number of nitrogens with one attached hydrogen (secondary N) is 1. The molecular weight excluding hydrogens is 178 g/mol. The van der Waals surface area contributed by atoms with Crippen molar-refractivity contribution < 1.29 is 9.90 Å². The van der Waals surface area contributed by atoms with Gasteiger partial charge in [0.25, 0.3) is 0 Å². The maximum Gasteiger partial charge on any atom is 0.0868 e. The molecule has 0 atom stereocenters. The summed E-state index contributed by atoms with van der Waals surface area (Å²) in [4.78, 5) is 10.3. The Balaban J connectivity index is 2.29. The number of carboxylic acids is 1. The van der Waals surface area contributed by atoms with Crippen LogP contribution >= 0.6 is 0 Å². The summed E-state index contributed by atoms with van der Waals surface area (Å²) in [6.45, 7) is 3.86. The largest absolute Gasteiger partial charge is 0.543 e. The number of carboxylic acid groups (broad SMARTS) is 1. The molecule has 0 fully saturated rings. The summed E-state index contributed by atoms with van der Waals surface area (Å²) >= 11 is 0. The van der Waals surface area contributed by atoms with Crippen molar-refractivity contribution in [2.24, 2.45) is 0 Å². The molecule has 74 valence electrons. The first-order chi connectivity index (χ1) is 6.70. The van der Waals surface area contributed by atoms with Gasteiger partial charge in [-0.05, 0) is 12.0 Å². The van der Waals surface area contributed by atoms with E-state index < -0.39 is 5.97 Å². The van der Waals surface area contributed by atoms with Crippen LogP contribution < -0.4 is 10.4 Å². The molecule has 0 aliphatic heterocycles. The lowest BCUT2D eigenvalue weighted by Gasteiger charge is -2.09. The van der Waals surface area contributed by atoms with Gasteiger partial charge in [-0.2, -0.15) is 0 Å². The number of carbonyl (C=O) groups excluding carboxylic acids is 1. The zero-order chi connectivity index (χ0) is 10.4. The molecule has 3 nitrogen and oxygen atoms in total. The second kappa shape index (κ2) is 5.07. The second-order valence-corrected chi connectivity index (χ2v) is 2.93. The van der Waals surface area contributed by atoms with E-state index in [1.54, 1.807) is 0 Å². The van der Waals surface area contributed by atoms with Crippen LogP contribution in [0.5, 0.6) is 0 Å². The minimum atomic E-state index is -1.25. The summed E-state index contributed by atoms with van der Waals surface area (Å²) in [5.41, 5.74) is 1.09. The Bertz CT molecular complexity index is 319. The Kier molecular flexibility index (Phi) is 3.73. The van der Waals surface area contributed by atoms with E-state index in [0.29, 0.717) is 6.54 Å². The molecule has 0 amide bonds. The number of carbonyl (C=O) groups is 1. The zero-order valence-corrected chi connectivity index (χ0v) is 7.82. The molecule has 1 aromatic rings. The van der Waals surface area contributed by atoms with Gasteiger partial charge < -0.3 is 15.2 Å². The van der Waals surface area contributed by atoms with Gasteiger partial charge in [-0.1, -0.05) is 36.9 Å². The fourth-order valence-electron chi connectivity index (χ4n) is 1.07. The van der Waals surface area contributed by atoms with Gasteiger partial charge >= 0.3 is 0 Å². The van der Waals surface area contributed by atoms with Crippen molar-refractivity contribution in [3.05, 3.63) is 48.2 Å². The monoisotopic (exact) mass is 190 g/mol. The first-order valence-electron chi connectivity index (χ1n) is 4.38. The van der Waals surface area contributed by atoms with Gasteiger partial charge in [0, 0.05) is 12.2 Å². The molecule has 0 bridgehead atoms. The lowest BCUT2D eigenvalue weighted by Crippen LogP contribution is -2.32. The Hall–Kier alpha value is -1.77. The van der Waals surface area contributed by atoms with Crippen LogP contribution in [0, 0.1) is 0 Å². The van der Waals surface area contributed by atoms with E-state index in [0.717, 1.165) is 12.0 Å². The number of hydrogen-bond acceptors (Lipinski definition) is 3. The lowest BCUT2D eigenvalue weighted by molar-refractivity contribution is -0.299. The van der Waals surface area contributed by atoms with E-state index in [4.69, 9.17) is 0 Å². The van der Waals surface area contributed by atoms with E-state index in [2.05, 4.69) is 11.9 Å². The SMILES string of the molecule is C=C(NCCc1ccccc1)C(=O)[O-]. The molecule has 1 rings (SSSR count). The summed E-state index contributed by atoms with van der Waals surface area (Å²) in [6, 6.07) is 9.82. The van der Waals surface area contributed by atoms with Crippen LogP contribution in [-0.4, -0.2) is 12.5 Å². The second-order valence-electron chi connectivity index (χ2n) is 2.93. The maximum absolute atomic E-state index is 10.3. The smallest absolute Gasteiger partial charge is 0.0868 e. The molecule has 14 heavy (non-hydrogen) atoms. The molecule has 0 saturated heterocycles. The fourth-order valence-corrected chi connectivity index (χ4v) is 1.07. The van der Waals surface area contributed by atoms with Gasteiger partial charge in [0.1, 0.15) is 0 Å². The fraction of sp³-hybridized carbons (Fsp3) is 0.182. The highest BCUT2D eigenvalue weighted by atomic mass is 16.4. The van der Waals surface area contributed by atoms with E-state index >= 15 is 0 Å². The van der Waals surface area contributed by atoms with Crippen LogP contribution in [0.1, 0.15) is 5.56 Å². The average molecular weight is 190 g/mol. The highest BCUT2D eigenvalue weighted by molar-refractivity contribution is 5.82. The summed E-state index contributed by atoms with van der Waals surface area (Å²) < 4.78 is 0. The molecule has 0 saturated carbocycles. The quantitative estimate of drug-likeness (QED) is 0.669. The molecule has 0 aliphatic rings. The number of aliphatic carboxylic acids is 1. The molecule has 0 radical (unpaired) electrons. The van der Waals surface area contributed by atoms with Crippen LogP contribution in [0.4, 0.5) is 0 Å². The molecule has 3 heteroatoms. The third kappa shape index (κ3) is 3.31. The first-order valence-corrected chi connectivity index (χ1v) is 4.38. The van der Waals surface area contributed by atoms with Gasteiger partial charge in [0.15, 0.2) is 0 Å². The predicted molar refractivity (Wildman–Crippen MR) is 52.3 cm³/mol. The van der Waals surface area contributed by atoms with Gasteiger partial charge in [0.05, 0.1) is 5.97 Å². The van der Waals surface area contributed by atoms with Gasteiger partial charge in [0.2, 0.25) is 0 Å². The van der Waals surface area contributed by atoms with E-state index in [-0.39, 0.29) is 5.70 Å². The van der Waals surface area contributed by atoms with E-state index in [1.807, 2.05) is 30.3 Å². The number of rotatable bonds is 5. The Morgan fingerprint density at radius 2 is 2.00 bits per heavy atom. The third-order valence-corrected chi connectivity index (χ3v) is 1.84. The molecule has 1 N–H and O–H groups in total. The Morgan fingerprint density at radius 1 is 1.36 bits per heavy atom. The van der Waals surface area contributed by atoms with Gasteiger partial charge in [-0.25, -0.2) is 0 Å². The maximum atomic E-state index is 10.3. The Morgan fingerprint density at radius 3 is 2.57 bits per heavy atom. The molecule has 0 spiro atoms. The summed E-state index contributed by atoms with van der Waals surface area (Å²) in [6.07, 6.45) is 0.771. The standard InChI is InChI=1S/C11H13NO2/c1-9(11(13)14)12-8-7-10-5-3-2-4-6-10/h2-6,12H,1,7-8H2,(H,13,14)/p-1. The zero-order valence-electron chi connectivity index (χ0n) is 7.82. The van der Waals surface area contributed by atoms with Crippen LogP contribution in [-0.2, 0) is 11.2 Å². The van der Waals surface area contributed by atoms with Crippen LogP contribution in [0.15, 0.2) is 42.6 Å². The van der Waals surface area contributed by atoms with E-state index in [1.165, 1.54) is 0 Å². The van der Waals surface area contributed by atoms with Crippen LogP contribution in [0.2, 0.25) is 0 Å². The van der Waals surface area contributed by atoms with Crippen molar-refractivity contribution in [1.29, 1.82) is 0 Å². The van der Waals surface area contributed by atoms with Gasteiger partial charge in [-0.3, -0.25) is 0 Å². The number of benzene rings is 1. The normalized spacial score (nSPS) is 9.43. The van der Waals surface area contributed by atoms with Crippen molar-refractivity contribution in [2.75, 3.05) is 6.54 Å². The third-order valence-electron chi connectivity index (χ3n) is 1.84. The lowest BCUT2D eigenvalue weighted by atomic mass is 10.1. The number of hydrogen-bond donors (Lipinski definition) is 1. The first kappa shape index (κ1) is 10.3. The van der Waals surface area contributed by atoms with Gasteiger partial charge in [-0.15, -0.1) is 0 Å². The van der Waals surface area contributed by atoms with Crippen molar-refractivity contribution in [2.45, 2.75) is 6.42 Å². The summed E-state index contributed by atoms with van der Waals surface area (Å²) in [5, 5.41) is 12.9.